The largest absolute Gasteiger partial charge is 0.493 e. The number of hydrogen-bond donors (Lipinski definition) is 1. The molecule has 0 amide bonds. The topological polar surface area (TPSA) is 74.2 Å². The van der Waals surface area contributed by atoms with Crippen molar-refractivity contribution in [2.24, 2.45) is 0 Å². The van der Waals surface area contributed by atoms with Gasteiger partial charge in [-0.3, -0.25) is 0 Å². The first-order valence-electron chi connectivity index (χ1n) is 10.8. The highest BCUT2D eigenvalue weighted by molar-refractivity contribution is 5.85. The fourth-order valence-corrected chi connectivity index (χ4v) is 3.74. The molecule has 1 aliphatic heterocycles. The SMILES string of the molecule is COC(Cc1ccc(OCCC=C2c3ccccc3OCOc3ccccc32)cc1)C(=O)O. The van der Waals surface area contributed by atoms with Crippen LogP contribution in [0.4, 0.5) is 0 Å². The number of benzene rings is 3. The second-order valence-corrected chi connectivity index (χ2v) is 7.56. The second-order valence-electron chi connectivity index (χ2n) is 7.56. The highest BCUT2D eigenvalue weighted by Crippen LogP contribution is 2.37. The van der Waals surface area contributed by atoms with Gasteiger partial charge in [0, 0.05) is 31.1 Å². The van der Waals surface area contributed by atoms with Gasteiger partial charge in [0.05, 0.1) is 6.61 Å². The minimum absolute atomic E-state index is 0.165. The summed E-state index contributed by atoms with van der Waals surface area (Å²) in [6.45, 7) is 0.655. The number of carboxylic acid groups (broad SMARTS) is 1. The molecule has 1 heterocycles. The summed E-state index contributed by atoms with van der Waals surface area (Å²) in [5.74, 6) is 1.32. The molecule has 6 nitrogen and oxygen atoms in total. The Labute approximate surface area is 193 Å². The molecule has 0 spiro atoms. The van der Waals surface area contributed by atoms with Crippen molar-refractivity contribution in [3.8, 4) is 17.2 Å². The molecule has 6 heteroatoms. The Hall–Kier alpha value is -3.77. The summed E-state index contributed by atoms with van der Waals surface area (Å²) >= 11 is 0. The van der Waals surface area contributed by atoms with Crippen LogP contribution in [0.5, 0.6) is 17.2 Å². The molecule has 1 atom stereocenters. The van der Waals surface area contributed by atoms with E-state index in [1.54, 1.807) is 0 Å². The molecule has 3 aromatic rings. The number of hydrogen-bond acceptors (Lipinski definition) is 5. The smallest absolute Gasteiger partial charge is 0.333 e. The number of fused-ring (bicyclic) bond motifs is 2. The van der Waals surface area contributed by atoms with E-state index >= 15 is 0 Å². The van der Waals surface area contributed by atoms with Crippen LogP contribution in [-0.2, 0) is 16.0 Å². The molecule has 0 aromatic heterocycles. The number of methoxy groups -OCH3 is 1. The minimum atomic E-state index is -0.973. The van der Waals surface area contributed by atoms with Crippen LogP contribution in [0.2, 0.25) is 0 Å². The van der Waals surface area contributed by atoms with Crippen LogP contribution >= 0.6 is 0 Å². The van der Waals surface area contributed by atoms with Gasteiger partial charge in [-0.05, 0) is 35.4 Å². The number of para-hydroxylation sites is 2. The summed E-state index contributed by atoms with van der Waals surface area (Å²) in [7, 11) is 1.40. The van der Waals surface area contributed by atoms with Crippen LogP contribution in [0, 0.1) is 0 Å². The van der Waals surface area contributed by atoms with E-state index in [4.69, 9.17) is 24.1 Å². The Balaban J connectivity index is 1.45. The summed E-state index contributed by atoms with van der Waals surface area (Å²) in [6.07, 6.45) is 2.28. The van der Waals surface area contributed by atoms with Crippen molar-refractivity contribution in [3.05, 3.63) is 95.6 Å². The molecular formula is C27H26O6. The van der Waals surface area contributed by atoms with Crippen molar-refractivity contribution in [2.45, 2.75) is 18.9 Å². The van der Waals surface area contributed by atoms with Gasteiger partial charge >= 0.3 is 5.97 Å². The molecule has 1 unspecified atom stereocenters. The van der Waals surface area contributed by atoms with Gasteiger partial charge in [0.15, 0.2) is 6.10 Å². The van der Waals surface area contributed by atoms with Crippen molar-refractivity contribution in [1.82, 2.24) is 0 Å². The maximum atomic E-state index is 11.1. The molecule has 1 aliphatic rings. The minimum Gasteiger partial charge on any atom is -0.493 e. The second kappa shape index (κ2) is 10.7. The van der Waals surface area contributed by atoms with Gasteiger partial charge < -0.3 is 24.1 Å². The average Bonchev–Trinajstić information content (AvgIpc) is 2.83. The van der Waals surface area contributed by atoms with Crippen LogP contribution in [0.25, 0.3) is 5.57 Å². The lowest BCUT2D eigenvalue weighted by Gasteiger charge is -2.21. The van der Waals surface area contributed by atoms with E-state index in [1.165, 1.54) is 7.11 Å². The lowest BCUT2D eigenvalue weighted by molar-refractivity contribution is -0.148. The first-order valence-corrected chi connectivity index (χ1v) is 10.8. The Morgan fingerprint density at radius 2 is 1.58 bits per heavy atom. The van der Waals surface area contributed by atoms with Crippen molar-refractivity contribution < 1.29 is 28.8 Å². The Kier molecular flexibility index (Phi) is 7.27. The molecular weight excluding hydrogens is 420 g/mol. The maximum absolute atomic E-state index is 11.1. The number of rotatable bonds is 8. The highest BCUT2D eigenvalue weighted by Gasteiger charge is 2.18. The highest BCUT2D eigenvalue weighted by atomic mass is 16.7. The normalized spacial score (nSPS) is 13.3. The van der Waals surface area contributed by atoms with Crippen LogP contribution < -0.4 is 14.2 Å². The molecule has 0 radical (unpaired) electrons. The van der Waals surface area contributed by atoms with Crippen LogP contribution in [0.3, 0.4) is 0 Å². The van der Waals surface area contributed by atoms with E-state index in [9.17, 15) is 4.79 Å². The molecule has 33 heavy (non-hydrogen) atoms. The monoisotopic (exact) mass is 446 g/mol. The van der Waals surface area contributed by atoms with E-state index in [0.717, 1.165) is 39.5 Å². The predicted octanol–water partition coefficient (Wildman–Crippen LogP) is 4.96. The van der Waals surface area contributed by atoms with E-state index in [2.05, 4.69) is 6.08 Å². The summed E-state index contributed by atoms with van der Waals surface area (Å²) in [5, 5.41) is 9.12. The zero-order valence-electron chi connectivity index (χ0n) is 18.4. The lowest BCUT2D eigenvalue weighted by Crippen LogP contribution is -2.24. The summed E-state index contributed by atoms with van der Waals surface area (Å²) < 4.78 is 22.5. The molecule has 0 aliphatic carbocycles. The van der Waals surface area contributed by atoms with Crippen LogP contribution in [0.1, 0.15) is 23.1 Å². The number of carbonyl (C=O) groups is 1. The van der Waals surface area contributed by atoms with Gasteiger partial charge in [0.1, 0.15) is 17.2 Å². The molecule has 0 saturated carbocycles. The fraction of sp³-hybridized carbons (Fsp3) is 0.222. The molecule has 0 fully saturated rings. The Bertz CT molecular complexity index is 1070. The maximum Gasteiger partial charge on any atom is 0.333 e. The molecule has 4 rings (SSSR count). The lowest BCUT2D eigenvalue weighted by atomic mass is 9.95. The van der Waals surface area contributed by atoms with Gasteiger partial charge in [-0.25, -0.2) is 4.79 Å². The first kappa shape index (κ1) is 22.4. The molecule has 0 bridgehead atoms. The van der Waals surface area contributed by atoms with Crippen molar-refractivity contribution in [2.75, 3.05) is 20.5 Å². The molecule has 170 valence electrons. The van der Waals surface area contributed by atoms with Gasteiger partial charge in [-0.15, -0.1) is 0 Å². The van der Waals surface area contributed by atoms with Crippen LogP contribution in [-0.4, -0.2) is 37.7 Å². The first-order chi connectivity index (χ1) is 16.2. The van der Waals surface area contributed by atoms with Crippen molar-refractivity contribution in [3.63, 3.8) is 0 Å². The summed E-state index contributed by atoms with van der Waals surface area (Å²) in [4.78, 5) is 11.1. The van der Waals surface area contributed by atoms with E-state index in [1.807, 2.05) is 72.8 Å². The van der Waals surface area contributed by atoms with E-state index in [-0.39, 0.29) is 6.79 Å². The van der Waals surface area contributed by atoms with Gasteiger partial charge in [0.2, 0.25) is 6.79 Å². The number of aliphatic carboxylic acids is 1. The Morgan fingerprint density at radius 1 is 0.970 bits per heavy atom. The van der Waals surface area contributed by atoms with E-state index < -0.39 is 12.1 Å². The van der Waals surface area contributed by atoms with Gasteiger partial charge in [-0.1, -0.05) is 54.6 Å². The third-order valence-electron chi connectivity index (χ3n) is 5.42. The number of ether oxygens (including phenoxy) is 4. The zero-order valence-corrected chi connectivity index (χ0v) is 18.4. The van der Waals surface area contributed by atoms with E-state index in [0.29, 0.717) is 19.4 Å². The van der Waals surface area contributed by atoms with Gasteiger partial charge in [0.25, 0.3) is 0 Å². The third-order valence-corrected chi connectivity index (χ3v) is 5.42. The summed E-state index contributed by atoms with van der Waals surface area (Å²) in [6, 6.07) is 23.3. The van der Waals surface area contributed by atoms with Crippen molar-refractivity contribution >= 4 is 11.5 Å². The third kappa shape index (κ3) is 5.54. The molecule has 1 N–H and O–H groups in total. The Morgan fingerprint density at radius 3 is 2.15 bits per heavy atom. The summed E-state index contributed by atoms with van der Waals surface area (Å²) in [5.41, 5.74) is 3.95. The predicted molar refractivity (Wildman–Crippen MR) is 125 cm³/mol. The average molecular weight is 446 g/mol. The van der Waals surface area contributed by atoms with Crippen molar-refractivity contribution in [1.29, 1.82) is 0 Å². The fourth-order valence-electron chi connectivity index (χ4n) is 3.74. The standard InChI is InChI=1S/C27H26O6/c1-30-26(27(28)29)17-19-12-14-20(15-13-19)31-16-6-9-21-22-7-2-4-10-24(22)32-18-33-25-11-5-3-8-23(21)25/h2-5,7-15,26H,6,16-18H2,1H3,(H,28,29). The molecule has 0 saturated heterocycles. The zero-order chi connectivity index (χ0) is 23.0. The molecule has 3 aromatic carbocycles. The number of carboxylic acids is 1. The van der Waals surface area contributed by atoms with Gasteiger partial charge in [-0.2, -0.15) is 0 Å². The van der Waals surface area contributed by atoms with Crippen LogP contribution in [0.15, 0.2) is 78.9 Å². The quantitative estimate of drug-likeness (QED) is 0.493.